The predicted octanol–water partition coefficient (Wildman–Crippen LogP) is 3.49. The Morgan fingerprint density at radius 1 is 1.33 bits per heavy atom. The highest BCUT2D eigenvalue weighted by atomic mass is 32.1. The van der Waals surface area contributed by atoms with E-state index in [4.69, 9.17) is 0 Å². The summed E-state index contributed by atoms with van der Waals surface area (Å²) in [4.78, 5) is 14.7. The molecule has 0 aliphatic rings. The Labute approximate surface area is 123 Å². The molecular formula is C13H11N5O2S. The summed E-state index contributed by atoms with van der Waals surface area (Å²) in [5.74, 6) is 0.706. The van der Waals surface area contributed by atoms with Crippen LogP contribution in [0.25, 0.3) is 11.3 Å². The minimum atomic E-state index is -0.419. The largest absolute Gasteiger partial charge is 0.315 e. The molecule has 1 aromatic carbocycles. The molecule has 8 heteroatoms. The van der Waals surface area contributed by atoms with Gasteiger partial charge in [-0.2, -0.15) is 5.10 Å². The number of H-pyrrole nitrogens is 1. The van der Waals surface area contributed by atoms with Crippen LogP contribution in [-0.4, -0.2) is 20.1 Å². The Hall–Kier alpha value is -2.74. The Morgan fingerprint density at radius 2 is 2.10 bits per heavy atom. The van der Waals surface area contributed by atoms with Crippen LogP contribution in [0.2, 0.25) is 0 Å². The maximum Gasteiger partial charge on any atom is 0.269 e. The van der Waals surface area contributed by atoms with Gasteiger partial charge in [0, 0.05) is 34.8 Å². The van der Waals surface area contributed by atoms with E-state index in [-0.39, 0.29) is 5.69 Å². The van der Waals surface area contributed by atoms with E-state index in [1.165, 1.54) is 23.5 Å². The average molecular weight is 301 g/mol. The monoisotopic (exact) mass is 301 g/mol. The molecule has 0 aliphatic carbocycles. The lowest BCUT2D eigenvalue weighted by Gasteiger charge is -1.97. The van der Waals surface area contributed by atoms with Crippen LogP contribution in [0.4, 0.5) is 16.6 Å². The number of aryl methyl sites for hydroxylation is 1. The second-order valence-electron chi connectivity index (χ2n) is 4.40. The average Bonchev–Trinajstić information content (AvgIpc) is 3.09. The molecule has 0 atom stereocenters. The number of rotatable bonds is 4. The number of nitro benzene ring substituents is 1. The summed E-state index contributed by atoms with van der Waals surface area (Å²) in [6.45, 7) is 1.92. The molecule has 21 heavy (non-hydrogen) atoms. The highest BCUT2D eigenvalue weighted by Gasteiger charge is 2.09. The van der Waals surface area contributed by atoms with Crippen LogP contribution in [0, 0.1) is 17.0 Å². The molecule has 106 valence electrons. The van der Waals surface area contributed by atoms with Crippen molar-refractivity contribution >= 4 is 28.0 Å². The van der Waals surface area contributed by atoms with Gasteiger partial charge in [-0.3, -0.25) is 15.2 Å². The van der Waals surface area contributed by atoms with E-state index < -0.39 is 4.92 Å². The lowest BCUT2D eigenvalue weighted by atomic mass is 10.1. The van der Waals surface area contributed by atoms with Gasteiger partial charge in [0.1, 0.15) is 0 Å². The van der Waals surface area contributed by atoms with Crippen molar-refractivity contribution in [3.63, 3.8) is 0 Å². The summed E-state index contributed by atoms with van der Waals surface area (Å²) >= 11 is 1.45. The summed E-state index contributed by atoms with van der Waals surface area (Å²) in [7, 11) is 0. The zero-order valence-electron chi connectivity index (χ0n) is 11.0. The van der Waals surface area contributed by atoms with Gasteiger partial charge in [-0.1, -0.05) is 0 Å². The number of nitro groups is 1. The number of benzene rings is 1. The molecule has 0 aliphatic heterocycles. The number of non-ortho nitro benzene ring substituents is 1. The topological polar surface area (TPSA) is 96.7 Å². The number of nitrogens with zero attached hydrogens (tertiary/aromatic N) is 3. The fraction of sp³-hybridized carbons (Fsp3) is 0.0769. The molecule has 2 N–H and O–H groups in total. The third-order valence-corrected chi connectivity index (χ3v) is 3.58. The number of aromatic nitrogens is 3. The van der Waals surface area contributed by atoms with Gasteiger partial charge in [0.25, 0.3) is 5.69 Å². The molecule has 0 unspecified atom stereocenters. The summed E-state index contributed by atoms with van der Waals surface area (Å²) in [6, 6.07) is 8.20. The normalized spacial score (nSPS) is 10.5. The Kier molecular flexibility index (Phi) is 3.36. The quantitative estimate of drug-likeness (QED) is 0.568. The molecule has 0 saturated heterocycles. The highest BCUT2D eigenvalue weighted by Crippen LogP contribution is 2.27. The third kappa shape index (κ3) is 2.90. The van der Waals surface area contributed by atoms with E-state index in [0.717, 1.165) is 22.1 Å². The van der Waals surface area contributed by atoms with Crippen molar-refractivity contribution in [2.45, 2.75) is 6.92 Å². The van der Waals surface area contributed by atoms with Gasteiger partial charge in [0.2, 0.25) is 0 Å². The summed E-state index contributed by atoms with van der Waals surface area (Å²) in [5, 5.41) is 23.3. The van der Waals surface area contributed by atoms with E-state index in [1.807, 2.05) is 18.4 Å². The van der Waals surface area contributed by atoms with Gasteiger partial charge < -0.3 is 5.32 Å². The molecule has 0 amide bonds. The van der Waals surface area contributed by atoms with E-state index in [9.17, 15) is 10.1 Å². The van der Waals surface area contributed by atoms with Gasteiger partial charge in [-0.15, -0.1) is 11.3 Å². The molecule has 0 radical (unpaired) electrons. The van der Waals surface area contributed by atoms with Crippen molar-refractivity contribution in [1.29, 1.82) is 0 Å². The molecule has 0 fully saturated rings. The number of hydrogen-bond acceptors (Lipinski definition) is 6. The molecule has 3 aromatic rings. The first-order chi connectivity index (χ1) is 10.1. The first kappa shape index (κ1) is 13.3. The summed E-state index contributed by atoms with van der Waals surface area (Å²) in [5.41, 5.74) is 2.64. The van der Waals surface area contributed by atoms with Crippen LogP contribution in [0.3, 0.4) is 0 Å². The fourth-order valence-electron chi connectivity index (χ4n) is 1.81. The summed E-state index contributed by atoms with van der Waals surface area (Å²) < 4.78 is 0. The van der Waals surface area contributed by atoms with Crippen LogP contribution in [0.5, 0.6) is 0 Å². The van der Waals surface area contributed by atoms with Crippen LogP contribution < -0.4 is 5.32 Å². The van der Waals surface area contributed by atoms with Crippen molar-refractivity contribution in [2.75, 3.05) is 5.32 Å². The summed E-state index contributed by atoms with van der Waals surface area (Å²) in [6.07, 6.45) is 0. The zero-order valence-corrected chi connectivity index (χ0v) is 11.8. The van der Waals surface area contributed by atoms with Crippen molar-refractivity contribution in [3.8, 4) is 11.3 Å². The van der Waals surface area contributed by atoms with Crippen LogP contribution in [0.1, 0.15) is 5.69 Å². The maximum absolute atomic E-state index is 10.6. The number of hydrogen-bond donors (Lipinski definition) is 2. The Morgan fingerprint density at radius 3 is 2.71 bits per heavy atom. The standard InChI is InChI=1S/C13H11N5O2S/c1-8-6-12(17-16-8)15-13-14-11(7-21-13)9-2-4-10(5-3-9)18(19)20/h2-7H,1H3,(H2,14,15,16,17). The van der Waals surface area contributed by atoms with Gasteiger partial charge >= 0.3 is 0 Å². The first-order valence-corrected chi connectivity index (χ1v) is 6.99. The Balaban J connectivity index is 1.79. The molecular weight excluding hydrogens is 290 g/mol. The molecule has 0 spiro atoms. The predicted molar refractivity (Wildman–Crippen MR) is 80.8 cm³/mol. The van der Waals surface area contributed by atoms with Crippen molar-refractivity contribution < 1.29 is 4.92 Å². The molecule has 0 saturated carbocycles. The number of nitrogens with one attached hydrogen (secondary N) is 2. The maximum atomic E-state index is 10.6. The molecule has 2 heterocycles. The van der Waals surface area contributed by atoms with Gasteiger partial charge in [0.05, 0.1) is 10.6 Å². The molecule has 0 bridgehead atoms. The van der Waals surface area contributed by atoms with E-state index in [0.29, 0.717) is 5.82 Å². The van der Waals surface area contributed by atoms with E-state index in [1.54, 1.807) is 12.1 Å². The Bertz CT molecular complexity index is 778. The minimum Gasteiger partial charge on any atom is -0.315 e. The number of anilines is 2. The third-order valence-electron chi connectivity index (χ3n) is 2.82. The van der Waals surface area contributed by atoms with Crippen molar-refractivity contribution in [2.24, 2.45) is 0 Å². The number of thiazole rings is 1. The van der Waals surface area contributed by atoms with Gasteiger partial charge in [-0.05, 0) is 19.1 Å². The smallest absolute Gasteiger partial charge is 0.269 e. The van der Waals surface area contributed by atoms with Crippen molar-refractivity contribution in [3.05, 3.63) is 51.5 Å². The first-order valence-electron chi connectivity index (χ1n) is 6.11. The highest BCUT2D eigenvalue weighted by molar-refractivity contribution is 7.14. The fourth-order valence-corrected chi connectivity index (χ4v) is 2.54. The van der Waals surface area contributed by atoms with E-state index >= 15 is 0 Å². The van der Waals surface area contributed by atoms with Crippen LogP contribution in [0.15, 0.2) is 35.7 Å². The molecule has 2 aromatic heterocycles. The SMILES string of the molecule is Cc1cc(Nc2nc(-c3ccc([N+](=O)[O-])cc3)cs2)n[nH]1. The lowest BCUT2D eigenvalue weighted by Crippen LogP contribution is -1.90. The second-order valence-corrected chi connectivity index (χ2v) is 5.26. The minimum absolute atomic E-state index is 0.0688. The van der Waals surface area contributed by atoms with Crippen LogP contribution in [-0.2, 0) is 0 Å². The van der Waals surface area contributed by atoms with Crippen molar-refractivity contribution in [1.82, 2.24) is 15.2 Å². The van der Waals surface area contributed by atoms with Gasteiger partial charge in [0.15, 0.2) is 10.9 Å². The second kappa shape index (κ2) is 5.33. The van der Waals surface area contributed by atoms with Crippen LogP contribution >= 0.6 is 11.3 Å². The molecule has 3 rings (SSSR count). The zero-order chi connectivity index (χ0) is 14.8. The molecule has 7 nitrogen and oxygen atoms in total. The van der Waals surface area contributed by atoms with Gasteiger partial charge in [-0.25, -0.2) is 4.98 Å². The van der Waals surface area contributed by atoms with E-state index in [2.05, 4.69) is 20.5 Å². The lowest BCUT2D eigenvalue weighted by molar-refractivity contribution is -0.384. The number of aromatic amines is 1.